The minimum Gasteiger partial charge on any atom is -0.485 e. The fourth-order valence-corrected chi connectivity index (χ4v) is 5.11. The van der Waals surface area contributed by atoms with Gasteiger partial charge in [-0.15, -0.1) is 0 Å². The van der Waals surface area contributed by atoms with E-state index in [1.165, 1.54) is 48.5 Å². The van der Waals surface area contributed by atoms with Crippen LogP contribution < -0.4 is 0 Å². The Morgan fingerprint density at radius 2 is 1.32 bits per heavy atom. The minimum atomic E-state index is -5.11. The number of sulfone groups is 2. The zero-order valence-corrected chi connectivity index (χ0v) is 22.6. The van der Waals surface area contributed by atoms with Gasteiger partial charge in [-0.05, 0) is 35.4 Å². The number of aliphatic hydroxyl groups is 1. The second-order valence-electron chi connectivity index (χ2n) is 8.25. The van der Waals surface area contributed by atoms with E-state index in [9.17, 15) is 41.1 Å². The number of hydrogen-bond acceptors (Lipinski definition) is 11. The molecule has 0 aliphatic carbocycles. The standard InChI is InChI=1S/C22H25O13PS2/c1-37(28,29)16-7-3-14(4-8-16)12-32-20-19(18(11-23)35-36(25,26)27)34-22(24)21(20)33-13-15-5-9-17(10-6-15)38(2,30)31/h3-10,18-19,23H,11-13H2,1-2H3,(H2,25,26,27)/t18-,19+/m0/s1. The van der Waals surface area contributed by atoms with Crippen molar-refractivity contribution in [2.75, 3.05) is 19.1 Å². The van der Waals surface area contributed by atoms with Crippen LogP contribution in [-0.4, -0.2) is 69.0 Å². The summed E-state index contributed by atoms with van der Waals surface area (Å²) in [4.78, 5) is 31.1. The first kappa shape index (κ1) is 29.8. The summed E-state index contributed by atoms with van der Waals surface area (Å²) in [6.45, 7) is -1.43. The topological polar surface area (TPSA) is 200 Å². The summed E-state index contributed by atoms with van der Waals surface area (Å²) in [5, 5.41) is 9.65. The molecule has 2 aromatic carbocycles. The maximum absolute atomic E-state index is 12.6. The molecule has 0 aromatic heterocycles. The number of cyclic esters (lactones) is 1. The van der Waals surface area contributed by atoms with Gasteiger partial charge in [0.25, 0.3) is 0 Å². The second-order valence-corrected chi connectivity index (χ2v) is 13.5. The van der Waals surface area contributed by atoms with Crippen LogP contribution >= 0.6 is 7.82 Å². The first-order chi connectivity index (χ1) is 17.6. The van der Waals surface area contributed by atoms with Crippen LogP contribution in [0.5, 0.6) is 0 Å². The van der Waals surface area contributed by atoms with Gasteiger partial charge in [-0.25, -0.2) is 26.2 Å². The van der Waals surface area contributed by atoms with Crippen molar-refractivity contribution in [2.45, 2.75) is 35.2 Å². The van der Waals surface area contributed by atoms with Crippen molar-refractivity contribution in [1.29, 1.82) is 0 Å². The van der Waals surface area contributed by atoms with E-state index in [0.29, 0.717) is 11.1 Å². The Labute approximate surface area is 218 Å². The van der Waals surface area contributed by atoms with Gasteiger partial charge in [0.2, 0.25) is 5.76 Å². The molecule has 208 valence electrons. The molecule has 0 bridgehead atoms. The summed E-state index contributed by atoms with van der Waals surface area (Å²) in [7, 11) is -12.0. The molecule has 0 fully saturated rings. The van der Waals surface area contributed by atoms with Crippen molar-refractivity contribution in [3.05, 3.63) is 71.2 Å². The monoisotopic (exact) mass is 592 g/mol. The second kappa shape index (κ2) is 11.5. The Morgan fingerprint density at radius 1 is 0.868 bits per heavy atom. The zero-order valence-electron chi connectivity index (χ0n) is 20.1. The molecule has 0 amide bonds. The molecule has 13 nitrogen and oxygen atoms in total. The van der Waals surface area contributed by atoms with Gasteiger partial charge in [0.05, 0.1) is 16.4 Å². The minimum absolute atomic E-state index is 0.0685. The first-order valence-corrected chi connectivity index (χ1v) is 16.0. The number of phosphoric acid groups is 1. The lowest BCUT2D eigenvalue weighted by Crippen LogP contribution is -2.34. The SMILES string of the molecule is CS(=O)(=O)c1ccc(COC2=C(OCc3ccc(S(C)(=O)=O)cc3)[C@@H]([C@H](CO)OP(=O)(O)O)OC2=O)cc1. The highest BCUT2D eigenvalue weighted by atomic mass is 32.2. The number of benzene rings is 2. The molecule has 1 heterocycles. The summed E-state index contributed by atoms with van der Waals surface area (Å²) in [6.07, 6.45) is -1.20. The van der Waals surface area contributed by atoms with E-state index in [1.54, 1.807) is 0 Å². The average Bonchev–Trinajstić information content (AvgIpc) is 3.13. The summed E-state index contributed by atoms with van der Waals surface area (Å²) >= 11 is 0. The van der Waals surface area contributed by atoms with E-state index >= 15 is 0 Å². The lowest BCUT2D eigenvalue weighted by atomic mass is 10.1. The molecule has 2 aromatic rings. The highest BCUT2D eigenvalue weighted by Gasteiger charge is 2.45. The molecule has 0 radical (unpaired) electrons. The van der Waals surface area contributed by atoms with Crippen molar-refractivity contribution < 1.29 is 59.8 Å². The van der Waals surface area contributed by atoms with E-state index in [2.05, 4.69) is 4.52 Å². The Morgan fingerprint density at radius 3 is 1.71 bits per heavy atom. The van der Waals surface area contributed by atoms with Crippen molar-refractivity contribution in [1.82, 2.24) is 0 Å². The number of rotatable bonds is 12. The lowest BCUT2D eigenvalue weighted by Gasteiger charge is -2.23. The molecule has 2 atom stereocenters. The first-order valence-electron chi connectivity index (χ1n) is 10.7. The molecular formula is C22H25O13PS2. The zero-order chi connectivity index (χ0) is 28.3. The van der Waals surface area contributed by atoms with Gasteiger partial charge in [-0.2, -0.15) is 0 Å². The van der Waals surface area contributed by atoms with Crippen molar-refractivity contribution in [3.63, 3.8) is 0 Å². The summed E-state index contributed by atoms with van der Waals surface area (Å²) in [5.41, 5.74) is 0.942. The smallest absolute Gasteiger partial charge is 0.470 e. The van der Waals surface area contributed by atoms with E-state index in [0.717, 1.165) is 12.5 Å². The molecule has 0 spiro atoms. The Kier molecular flexibility index (Phi) is 9.04. The van der Waals surface area contributed by atoms with Crippen LogP contribution in [0.2, 0.25) is 0 Å². The maximum Gasteiger partial charge on any atom is 0.470 e. The number of aliphatic hydroxyl groups excluding tert-OH is 1. The maximum atomic E-state index is 12.6. The van der Waals surface area contributed by atoms with Crippen LogP contribution in [0.4, 0.5) is 0 Å². The molecule has 3 rings (SSSR count). The number of phosphoric ester groups is 1. The van der Waals surface area contributed by atoms with Crippen LogP contribution in [0.15, 0.2) is 69.8 Å². The third kappa shape index (κ3) is 7.86. The predicted molar refractivity (Wildman–Crippen MR) is 130 cm³/mol. The molecule has 1 aliphatic rings. The van der Waals surface area contributed by atoms with Crippen LogP contribution in [0.1, 0.15) is 11.1 Å². The van der Waals surface area contributed by atoms with Gasteiger partial charge in [-0.3, -0.25) is 4.52 Å². The van der Waals surface area contributed by atoms with E-state index in [4.69, 9.17) is 14.2 Å². The Hall–Kier alpha value is -2.78. The van der Waals surface area contributed by atoms with E-state index in [-0.39, 0.29) is 28.8 Å². The normalized spacial score (nSPS) is 17.3. The summed E-state index contributed by atoms with van der Waals surface area (Å²) in [6, 6.07) is 11.3. The quantitative estimate of drug-likeness (QED) is 0.231. The summed E-state index contributed by atoms with van der Waals surface area (Å²) < 4.78 is 79.0. The number of ether oxygens (including phenoxy) is 3. The number of hydrogen-bond donors (Lipinski definition) is 3. The molecule has 16 heteroatoms. The fourth-order valence-electron chi connectivity index (χ4n) is 3.32. The van der Waals surface area contributed by atoms with E-state index < -0.39 is 58.0 Å². The van der Waals surface area contributed by atoms with Gasteiger partial charge in [-0.1, -0.05) is 24.3 Å². The highest BCUT2D eigenvalue weighted by molar-refractivity contribution is 7.91. The van der Waals surface area contributed by atoms with Gasteiger partial charge in [0.1, 0.15) is 19.3 Å². The number of carbonyl (C=O) groups excluding carboxylic acids is 1. The highest BCUT2D eigenvalue weighted by Crippen LogP contribution is 2.41. The molecule has 1 aliphatic heterocycles. The van der Waals surface area contributed by atoms with Gasteiger partial charge < -0.3 is 29.1 Å². The average molecular weight is 593 g/mol. The Bertz CT molecular complexity index is 1460. The van der Waals surface area contributed by atoms with Gasteiger partial charge in [0, 0.05) is 12.5 Å². The molecule has 0 unspecified atom stereocenters. The molecule has 0 saturated heterocycles. The van der Waals surface area contributed by atoms with Crippen LogP contribution in [0, 0.1) is 0 Å². The van der Waals surface area contributed by atoms with Gasteiger partial charge in [0.15, 0.2) is 31.5 Å². The van der Waals surface area contributed by atoms with Crippen LogP contribution in [0.25, 0.3) is 0 Å². The van der Waals surface area contributed by atoms with Crippen molar-refractivity contribution in [2.24, 2.45) is 0 Å². The molecule has 0 saturated carbocycles. The summed E-state index contributed by atoms with van der Waals surface area (Å²) in [5.74, 6) is -1.83. The Balaban J connectivity index is 1.88. The molecular weight excluding hydrogens is 567 g/mol. The van der Waals surface area contributed by atoms with E-state index in [1.807, 2.05) is 0 Å². The van der Waals surface area contributed by atoms with Gasteiger partial charge >= 0.3 is 13.8 Å². The van der Waals surface area contributed by atoms with Crippen LogP contribution in [-0.2, 0) is 61.0 Å². The predicted octanol–water partition coefficient (Wildman–Crippen LogP) is 0.834. The lowest BCUT2D eigenvalue weighted by molar-refractivity contribution is -0.148. The van der Waals surface area contributed by atoms with Crippen molar-refractivity contribution in [3.8, 4) is 0 Å². The largest absolute Gasteiger partial charge is 0.485 e. The van der Waals surface area contributed by atoms with Crippen molar-refractivity contribution >= 4 is 33.5 Å². The van der Waals surface area contributed by atoms with Crippen LogP contribution in [0.3, 0.4) is 0 Å². The fraction of sp³-hybridized carbons (Fsp3) is 0.318. The molecule has 38 heavy (non-hydrogen) atoms. The third-order valence-corrected chi connectivity index (χ3v) is 7.97. The third-order valence-electron chi connectivity index (χ3n) is 5.17. The number of carbonyl (C=O) groups is 1. The molecule has 3 N–H and O–H groups in total. The number of esters is 1.